The molecule has 0 radical (unpaired) electrons. The van der Waals surface area contributed by atoms with E-state index in [1.807, 2.05) is 0 Å². The number of esters is 1. The van der Waals surface area contributed by atoms with Crippen molar-refractivity contribution in [2.75, 3.05) is 32.6 Å². The molecule has 1 saturated heterocycles. The number of hydrogen-bond donors (Lipinski definition) is 1. The first kappa shape index (κ1) is 18.1. The normalized spacial score (nSPS) is 15.2. The van der Waals surface area contributed by atoms with Gasteiger partial charge in [-0.15, -0.1) is 0 Å². The lowest BCUT2D eigenvalue weighted by Crippen LogP contribution is -2.56. The summed E-state index contributed by atoms with van der Waals surface area (Å²) in [6, 6.07) is 7.75. The van der Waals surface area contributed by atoms with Gasteiger partial charge in [-0.25, -0.2) is 23.2 Å². The minimum atomic E-state index is -3.55. The number of ether oxygens (including phenoxy) is 2. The molecule has 3 rings (SSSR count). The number of aromatic nitrogens is 2. The van der Waals surface area contributed by atoms with E-state index in [2.05, 4.69) is 20.0 Å². The first-order valence-electron chi connectivity index (χ1n) is 7.76. The van der Waals surface area contributed by atoms with Gasteiger partial charge < -0.3 is 14.8 Å². The molecule has 0 unspecified atom stereocenters. The lowest BCUT2D eigenvalue weighted by atomic mass is 10.2. The molecule has 0 amide bonds. The van der Waals surface area contributed by atoms with E-state index in [-0.39, 0.29) is 16.8 Å². The smallest absolute Gasteiger partial charge is 0.376 e. The van der Waals surface area contributed by atoms with Gasteiger partial charge in [0.05, 0.1) is 25.2 Å². The topological polar surface area (TPSA) is 111 Å². The number of benzene rings is 1. The maximum Gasteiger partial charge on any atom is 0.376 e. The highest BCUT2D eigenvalue weighted by Gasteiger charge is 2.36. The number of sulfonamides is 1. The van der Waals surface area contributed by atoms with Crippen molar-refractivity contribution in [2.45, 2.75) is 10.9 Å². The fourth-order valence-electron chi connectivity index (χ4n) is 2.46. The molecule has 138 valence electrons. The fourth-order valence-corrected chi connectivity index (χ4v) is 3.99. The Morgan fingerprint density at radius 2 is 1.88 bits per heavy atom. The van der Waals surface area contributed by atoms with Crippen LogP contribution < -0.4 is 10.1 Å². The molecular formula is C16H18N4O5S. The van der Waals surface area contributed by atoms with Crippen LogP contribution in [0.3, 0.4) is 0 Å². The summed E-state index contributed by atoms with van der Waals surface area (Å²) in [6.45, 7) is 0.595. The van der Waals surface area contributed by atoms with Gasteiger partial charge in [0.15, 0.2) is 0 Å². The number of anilines is 1. The Kier molecular flexibility index (Phi) is 5.05. The molecule has 1 aliphatic rings. The summed E-state index contributed by atoms with van der Waals surface area (Å²) in [5, 5.41) is 3.08. The molecule has 1 fully saturated rings. The van der Waals surface area contributed by atoms with Gasteiger partial charge in [0.2, 0.25) is 15.8 Å². The van der Waals surface area contributed by atoms with E-state index in [0.717, 1.165) is 0 Å². The van der Waals surface area contributed by atoms with Crippen LogP contribution >= 0.6 is 0 Å². The van der Waals surface area contributed by atoms with E-state index in [0.29, 0.717) is 24.7 Å². The van der Waals surface area contributed by atoms with Gasteiger partial charge in [-0.2, -0.15) is 4.31 Å². The maximum atomic E-state index is 12.6. The third-order valence-corrected chi connectivity index (χ3v) is 5.77. The van der Waals surface area contributed by atoms with E-state index in [1.54, 1.807) is 18.2 Å². The molecule has 0 saturated carbocycles. The molecule has 1 aromatic heterocycles. The van der Waals surface area contributed by atoms with Crippen molar-refractivity contribution in [1.82, 2.24) is 14.3 Å². The van der Waals surface area contributed by atoms with Gasteiger partial charge >= 0.3 is 5.97 Å². The van der Waals surface area contributed by atoms with Crippen LogP contribution in [0.15, 0.2) is 41.4 Å². The minimum Gasteiger partial charge on any atom is -0.497 e. The molecule has 1 aliphatic heterocycles. The lowest BCUT2D eigenvalue weighted by Gasteiger charge is -2.38. The van der Waals surface area contributed by atoms with Gasteiger partial charge in [-0.1, -0.05) is 0 Å². The number of carbonyl (C=O) groups excluding carboxylic acids is 1. The minimum absolute atomic E-state index is 0.0560. The maximum absolute atomic E-state index is 12.6. The molecule has 0 spiro atoms. The van der Waals surface area contributed by atoms with Crippen LogP contribution in [0.1, 0.15) is 10.6 Å². The SMILES string of the molecule is COC(=O)c1nccc(NC2CN(S(=O)(=O)c3ccc(OC)cc3)C2)n1. The lowest BCUT2D eigenvalue weighted by molar-refractivity contribution is 0.0587. The molecule has 10 heteroatoms. The highest BCUT2D eigenvalue weighted by Crippen LogP contribution is 2.24. The van der Waals surface area contributed by atoms with Crippen LogP contribution in [0.5, 0.6) is 5.75 Å². The zero-order chi connectivity index (χ0) is 18.7. The second-order valence-corrected chi connectivity index (χ2v) is 7.53. The van der Waals surface area contributed by atoms with Crippen molar-refractivity contribution < 1.29 is 22.7 Å². The largest absolute Gasteiger partial charge is 0.497 e. The number of nitrogens with one attached hydrogen (secondary N) is 1. The molecule has 1 N–H and O–H groups in total. The zero-order valence-electron chi connectivity index (χ0n) is 14.2. The van der Waals surface area contributed by atoms with Crippen molar-refractivity contribution in [3.05, 3.63) is 42.4 Å². The van der Waals surface area contributed by atoms with Gasteiger partial charge in [0.1, 0.15) is 11.6 Å². The zero-order valence-corrected chi connectivity index (χ0v) is 15.1. The molecule has 9 nitrogen and oxygen atoms in total. The van der Waals surface area contributed by atoms with E-state index in [1.165, 1.54) is 36.9 Å². The monoisotopic (exact) mass is 378 g/mol. The van der Waals surface area contributed by atoms with Gasteiger partial charge in [-0.3, -0.25) is 0 Å². The quantitative estimate of drug-likeness (QED) is 0.734. The van der Waals surface area contributed by atoms with Crippen molar-refractivity contribution in [1.29, 1.82) is 0 Å². The summed E-state index contributed by atoms with van der Waals surface area (Å²) < 4.78 is 36.1. The molecule has 0 bridgehead atoms. The second kappa shape index (κ2) is 7.26. The summed E-state index contributed by atoms with van der Waals surface area (Å²) in [7, 11) is -0.776. The number of hydrogen-bond acceptors (Lipinski definition) is 8. The Morgan fingerprint density at radius 1 is 1.19 bits per heavy atom. The highest BCUT2D eigenvalue weighted by molar-refractivity contribution is 7.89. The molecule has 2 aromatic rings. The van der Waals surface area contributed by atoms with Crippen LogP contribution in [0.25, 0.3) is 0 Å². The Morgan fingerprint density at radius 3 is 2.50 bits per heavy atom. The summed E-state index contributed by atoms with van der Waals surface area (Å²) in [5.41, 5.74) is 0. The van der Waals surface area contributed by atoms with Crippen LogP contribution in [0.4, 0.5) is 5.82 Å². The number of nitrogens with zero attached hydrogens (tertiary/aromatic N) is 3. The van der Waals surface area contributed by atoms with Gasteiger partial charge in [0.25, 0.3) is 0 Å². The van der Waals surface area contributed by atoms with Gasteiger partial charge in [-0.05, 0) is 30.3 Å². The number of carbonyl (C=O) groups is 1. The predicted molar refractivity (Wildman–Crippen MR) is 92.5 cm³/mol. The summed E-state index contributed by atoms with van der Waals surface area (Å²) >= 11 is 0. The number of rotatable bonds is 6. The van der Waals surface area contributed by atoms with Crippen LogP contribution in [-0.2, 0) is 14.8 Å². The molecular weight excluding hydrogens is 360 g/mol. The van der Waals surface area contributed by atoms with Crippen molar-refractivity contribution >= 4 is 21.8 Å². The Balaban J connectivity index is 1.62. The van der Waals surface area contributed by atoms with Crippen LogP contribution in [0, 0.1) is 0 Å². The van der Waals surface area contributed by atoms with Crippen molar-refractivity contribution in [3.63, 3.8) is 0 Å². The Hall–Kier alpha value is -2.72. The van der Waals surface area contributed by atoms with Crippen molar-refractivity contribution in [2.24, 2.45) is 0 Å². The molecule has 1 aromatic carbocycles. The second-order valence-electron chi connectivity index (χ2n) is 5.60. The first-order valence-corrected chi connectivity index (χ1v) is 9.20. The predicted octanol–water partition coefficient (Wildman–Crippen LogP) is 0.757. The van der Waals surface area contributed by atoms with E-state index < -0.39 is 16.0 Å². The van der Waals surface area contributed by atoms with E-state index in [4.69, 9.17) is 4.74 Å². The van der Waals surface area contributed by atoms with Crippen LogP contribution in [-0.4, -0.2) is 62.0 Å². The number of methoxy groups -OCH3 is 2. The summed E-state index contributed by atoms with van der Waals surface area (Å²) in [4.78, 5) is 19.5. The van der Waals surface area contributed by atoms with Gasteiger partial charge in [0, 0.05) is 19.3 Å². The molecule has 0 aliphatic carbocycles. The standard InChI is InChI=1S/C16H18N4O5S/c1-24-12-3-5-13(6-4-12)26(22,23)20-9-11(10-20)18-14-7-8-17-15(19-14)16(21)25-2/h3-8,11H,9-10H2,1-2H3,(H,17,18,19). The third kappa shape index (κ3) is 3.60. The average molecular weight is 378 g/mol. The first-order chi connectivity index (χ1) is 12.4. The third-order valence-electron chi connectivity index (χ3n) is 3.92. The molecule has 2 heterocycles. The fraction of sp³-hybridized carbons (Fsp3) is 0.312. The summed E-state index contributed by atoms with van der Waals surface area (Å²) in [6.07, 6.45) is 1.44. The Bertz CT molecular complexity index is 895. The van der Waals surface area contributed by atoms with Crippen LogP contribution in [0.2, 0.25) is 0 Å². The Labute approximate surface area is 151 Å². The highest BCUT2D eigenvalue weighted by atomic mass is 32.2. The molecule has 0 atom stereocenters. The van der Waals surface area contributed by atoms with Crippen molar-refractivity contribution in [3.8, 4) is 5.75 Å². The van der Waals surface area contributed by atoms with E-state index >= 15 is 0 Å². The average Bonchev–Trinajstić information content (AvgIpc) is 2.63. The molecule has 26 heavy (non-hydrogen) atoms. The summed E-state index contributed by atoms with van der Waals surface area (Å²) in [5.74, 6) is 0.342. The van der Waals surface area contributed by atoms with E-state index in [9.17, 15) is 13.2 Å².